The molecule has 0 spiro atoms. The number of rotatable bonds is 5. The molecule has 1 aliphatic heterocycles. The fourth-order valence-corrected chi connectivity index (χ4v) is 4.60. The molecular weight excluding hydrogens is 400 g/mol. The highest BCUT2D eigenvalue weighted by Gasteiger charge is 2.50. The molecule has 4 aromatic rings. The van der Waals surface area contributed by atoms with Gasteiger partial charge in [-0.05, 0) is 55.3 Å². The SMILES string of the molecule is COc1ccc([C@H](c2c(C)[nH]c3ccccc23)[C@]2(C)N=C(c3ccccc3)OC2=O)cc1. The molecule has 1 aromatic heterocycles. The minimum Gasteiger partial charge on any atom is -0.497 e. The normalized spacial score (nSPS) is 19.0. The molecule has 0 unspecified atom stereocenters. The number of aliphatic imine (C=N–C) groups is 1. The number of carbonyl (C=O) groups excluding carboxylic acids is 1. The number of nitrogens with one attached hydrogen (secondary N) is 1. The van der Waals surface area contributed by atoms with Gasteiger partial charge in [0.05, 0.1) is 7.11 Å². The molecule has 0 saturated heterocycles. The van der Waals surface area contributed by atoms with Gasteiger partial charge < -0.3 is 14.5 Å². The molecule has 0 radical (unpaired) electrons. The molecule has 1 aliphatic rings. The third-order valence-electron chi connectivity index (χ3n) is 6.20. The van der Waals surface area contributed by atoms with Crippen LogP contribution in [0.25, 0.3) is 10.9 Å². The molecule has 5 rings (SSSR count). The summed E-state index contributed by atoms with van der Waals surface area (Å²) in [5, 5.41) is 1.07. The second kappa shape index (κ2) is 7.68. The number of ether oxygens (including phenoxy) is 2. The second-order valence-corrected chi connectivity index (χ2v) is 8.24. The van der Waals surface area contributed by atoms with Crippen LogP contribution in [0.4, 0.5) is 0 Å². The van der Waals surface area contributed by atoms with E-state index in [0.717, 1.165) is 39.0 Å². The number of aromatic amines is 1. The molecule has 0 amide bonds. The average Bonchev–Trinajstić information content (AvgIpc) is 3.31. The lowest BCUT2D eigenvalue weighted by Crippen LogP contribution is -2.38. The van der Waals surface area contributed by atoms with Crippen molar-refractivity contribution in [2.75, 3.05) is 7.11 Å². The number of methoxy groups -OCH3 is 1. The Morgan fingerprint density at radius 3 is 2.38 bits per heavy atom. The van der Waals surface area contributed by atoms with Crippen LogP contribution < -0.4 is 4.74 Å². The molecule has 2 heterocycles. The summed E-state index contributed by atoms with van der Waals surface area (Å²) in [5.41, 5.74) is 3.70. The first-order valence-corrected chi connectivity index (χ1v) is 10.6. The number of H-pyrrole nitrogens is 1. The third-order valence-corrected chi connectivity index (χ3v) is 6.20. The van der Waals surface area contributed by atoms with E-state index in [2.05, 4.69) is 11.1 Å². The van der Waals surface area contributed by atoms with Crippen molar-refractivity contribution in [1.82, 2.24) is 4.98 Å². The van der Waals surface area contributed by atoms with Crippen LogP contribution in [-0.2, 0) is 9.53 Å². The van der Waals surface area contributed by atoms with E-state index in [1.165, 1.54) is 0 Å². The van der Waals surface area contributed by atoms with E-state index in [-0.39, 0.29) is 11.9 Å². The van der Waals surface area contributed by atoms with Crippen molar-refractivity contribution in [3.63, 3.8) is 0 Å². The molecular formula is C27H24N2O3. The van der Waals surface area contributed by atoms with Gasteiger partial charge in [0.2, 0.25) is 5.90 Å². The Labute approximate surface area is 186 Å². The van der Waals surface area contributed by atoms with Gasteiger partial charge in [0.25, 0.3) is 0 Å². The van der Waals surface area contributed by atoms with Gasteiger partial charge >= 0.3 is 5.97 Å². The Balaban J connectivity index is 1.73. The van der Waals surface area contributed by atoms with Gasteiger partial charge in [0, 0.05) is 28.1 Å². The van der Waals surface area contributed by atoms with Crippen LogP contribution in [0.3, 0.4) is 0 Å². The van der Waals surface area contributed by atoms with Crippen LogP contribution in [0, 0.1) is 6.92 Å². The number of para-hydroxylation sites is 1. The van der Waals surface area contributed by atoms with Crippen LogP contribution in [0.15, 0.2) is 83.9 Å². The van der Waals surface area contributed by atoms with E-state index in [0.29, 0.717) is 5.90 Å². The van der Waals surface area contributed by atoms with Crippen LogP contribution >= 0.6 is 0 Å². The van der Waals surface area contributed by atoms with Gasteiger partial charge in [-0.25, -0.2) is 9.79 Å². The van der Waals surface area contributed by atoms with Crippen LogP contribution in [0.1, 0.15) is 35.2 Å². The molecule has 0 bridgehead atoms. The fraction of sp³-hybridized carbons (Fsp3) is 0.185. The molecule has 32 heavy (non-hydrogen) atoms. The number of fused-ring (bicyclic) bond motifs is 1. The van der Waals surface area contributed by atoms with Gasteiger partial charge in [0.1, 0.15) is 5.75 Å². The summed E-state index contributed by atoms with van der Waals surface area (Å²) in [7, 11) is 1.64. The zero-order chi connectivity index (χ0) is 22.3. The van der Waals surface area contributed by atoms with Crippen molar-refractivity contribution in [2.45, 2.75) is 25.3 Å². The maximum atomic E-state index is 13.4. The van der Waals surface area contributed by atoms with Gasteiger partial charge in [0.15, 0.2) is 5.54 Å². The summed E-state index contributed by atoms with van der Waals surface area (Å²) in [5.74, 6) is 0.407. The average molecular weight is 425 g/mol. The Hall–Kier alpha value is -3.86. The van der Waals surface area contributed by atoms with Crippen molar-refractivity contribution >= 4 is 22.8 Å². The van der Waals surface area contributed by atoms with Gasteiger partial charge in [-0.15, -0.1) is 0 Å². The highest BCUT2D eigenvalue weighted by Crippen LogP contribution is 2.45. The predicted molar refractivity (Wildman–Crippen MR) is 125 cm³/mol. The molecule has 5 heteroatoms. The number of benzene rings is 3. The van der Waals surface area contributed by atoms with Crippen molar-refractivity contribution in [2.24, 2.45) is 4.99 Å². The maximum absolute atomic E-state index is 13.4. The van der Waals surface area contributed by atoms with Gasteiger partial charge in [-0.3, -0.25) is 0 Å². The third kappa shape index (κ3) is 3.17. The predicted octanol–water partition coefficient (Wildman–Crippen LogP) is 5.38. The first kappa shape index (κ1) is 20.1. The Bertz CT molecular complexity index is 1320. The lowest BCUT2D eigenvalue weighted by atomic mass is 9.75. The van der Waals surface area contributed by atoms with E-state index >= 15 is 0 Å². The van der Waals surface area contributed by atoms with Gasteiger partial charge in [-0.2, -0.15) is 0 Å². The molecule has 0 aliphatic carbocycles. The molecule has 160 valence electrons. The number of carbonyl (C=O) groups is 1. The number of aryl methyl sites for hydroxylation is 1. The van der Waals surface area contributed by atoms with Crippen molar-refractivity contribution in [3.8, 4) is 5.75 Å². The summed E-state index contributed by atoms with van der Waals surface area (Å²) in [6.07, 6.45) is 0. The standard InChI is InChI=1S/C27H24N2O3/c1-17-23(21-11-7-8-12-22(21)28-17)24(18-13-15-20(31-3)16-14-18)27(2)26(30)32-25(29-27)19-9-5-4-6-10-19/h4-16,24,28H,1-3H3/t24-,27+/m1/s1. The maximum Gasteiger partial charge on any atom is 0.341 e. The van der Waals surface area contributed by atoms with E-state index in [4.69, 9.17) is 14.5 Å². The number of aromatic nitrogens is 1. The molecule has 2 atom stereocenters. The zero-order valence-electron chi connectivity index (χ0n) is 18.3. The van der Waals surface area contributed by atoms with Crippen molar-refractivity contribution in [3.05, 3.63) is 101 Å². The minimum absolute atomic E-state index is 0.349. The lowest BCUT2D eigenvalue weighted by molar-refractivity contribution is -0.138. The number of esters is 1. The number of hydrogen-bond donors (Lipinski definition) is 1. The zero-order valence-corrected chi connectivity index (χ0v) is 18.3. The van der Waals surface area contributed by atoms with Crippen LogP contribution in [-0.4, -0.2) is 29.5 Å². The fourth-order valence-electron chi connectivity index (χ4n) is 4.60. The molecule has 0 saturated carbocycles. The summed E-state index contributed by atoms with van der Waals surface area (Å²) in [4.78, 5) is 21.8. The highest BCUT2D eigenvalue weighted by atomic mass is 16.6. The smallest absolute Gasteiger partial charge is 0.341 e. The van der Waals surface area contributed by atoms with E-state index in [1.807, 2.05) is 86.6 Å². The van der Waals surface area contributed by atoms with E-state index in [1.54, 1.807) is 7.11 Å². The largest absolute Gasteiger partial charge is 0.497 e. The minimum atomic E-state index is -1.13. The van der Waals surface area contributed by atoms with Crippen LogP contribution in [0.5, 0.6) is 5.75 Å². The number of hydrogen-bond acceptors (Lipinski definition) is 4. The Morgan fingerprint density at radius 1 is 0.969 bits per heavy atom. The Kier molecular flexibility index (Phi) is 4.82. The summed E-state index contributed by atoms with van der Waals surface area (Å²) in [6, 6.07) is 25.5. The monoisotopic (exact) mass is 424 g/mol. The summed E-state index contributed by atoms with van der Waals surface area (Å²) in [6.45, 7) is 3.90. The molecule has 5 nitrogen and oxygen atoms in total. The number of nitrogens with zero attached hydrogens (tertiary/aromatic N) is 1. The Morgan fingerprint density at radius 2 is 1.66 bits per heavy atom. The first-order chi connectivity index (χ1) is 15.5. The molecule has 1 N–H and O–H groups in total. The van der Waals surface area contributed by atoms with E-state index < -0.39 is 5.54 Å². The summed E-state index contributed by atoms with van der Waals surface area (Å²) < 4.78 is 11.1. The number of cyclic esters (lactones) is 1. The van der Waals surface area contributed by atoms with Crippen molar-refractivity contribution in [1.29, 1.82) is 0 Å². The molecule has 3 aromatic carbocycles. The van der Waals surface area contributed by atoms with Crippen LogP contribution in [0.2, 0.25) is 0 Å². The highest BCUT2D eigenvalue weighted by molar-refractivity contribution is 6.08. The van der Waals surface area contributed by atoms with Crippen molar-refractivity contribution < 1.29 is 14.3 Å². The second-order valence-electron chi connectivity index (χ2n) is 8.24. The topological polar surface area (TPSA) is 63.7 Å². The first-order valence-electron chi connectivity index (χ1n) is 10.6. The quantitative estimate of drug-likeness (QED) is 0.438. The molecule has 0 fully saturated rings. The van der Waals surface area contributed by atoms with E-state index in [9.17, 15) is 4.79 Å². The summed E-state index contributed by atoms with van der Waals surface area (Å²) >= 11 is 0. The lowest BCUT2D eigenvalue weighted by Gasteiger charge is -2.29. The van der Waals surface area contributed by atoms with Gasteiger partial charge in [-0.1, -0.05) is 48.5 Å².